The standard InChI is InChI=1S/C16H20N2OS2/c1-11-6-8-12(9-7-11)17-15(19)10-20-16-18-13-4-2-3-5-14(13)21-16/h2-5,11-12H,6-10H2,1H3,(H,17,19). The number of thiazole rings is 1. The second-order valence-corrected chi connectivity index (χ2v) is 8.01. The largest absolute Gasteiger partial charge is 0.353 e. The third-order valence-electron chi connectivity index (χ3n) is 3.98. The first kappa shape index (κ1) is 14.9. The summed E-state index contributed by atoms with van der Waals surface area (Å²) in [4.78, 5) is 16.6. The number of aromatic nitrogens is 1. The second-order valence-electron chi connectivity index (χ2n) is 5.76. The molecular formula is C16H20N2OS2. The maximum absolute atomic E-state index is 12.0. The normalized spacial score (nSPS) is 22.3. The Hall–Kier alpha value is -1.07. The van der Waals surface area contributed by atoms with Crippen molar-refractivity contribution in [2.75, 3.05) is 5.75 Å². The van der Waals surface area contributed by atoms with E-state index in [1.54, 1.807) is 11.3 Å². The molecule has 1 aromatic carbocycles. The van der Waals surface area contributed by atoms with Crippen molar-refractivity contribution in [2.24, 2.45) is 5.92 Å². The van der Waals surface area contributed by atoms with Gasteiger partial charge in [-0.2, -0.15) is 0 Å². The molecule has 0 unspecified atom stereocenters. The molecule has 112 valence electrons. The summed E-state index contributed by atoms with van der Waals surface area (Å²) in [6.45, 7) is 2.29. The van der Waals surface area contributed by atoms with E-state index in [0.717, 1.165) is 28.6 Å². The van der Waals surface area contributed by atoms with Crippen LogP contribution >= 0.6 is 23.1 Å². The van der Waals surface area contributed by atoms with Crippen LogP contribution in [-0.4, -0.2) is 22.7 Å². The molecule has 0 bridgehead atoms. The molecule has 3 nitrogen and oxygen atoms in total. The third-order valence-corrected chi connectivity index (χ3v) is 6.16. The fourth-order valence-corrected chi connectivity index (χ4v) is 4.59. The van der Waals surface area contributed by atoms with Gasteiger partial charge in [-0.1, -0.05) is 30.8 Å². The molecule has 0 spiro atoms. The number of thioether (sulfide) groups is 1. The summed E-state index contributed by atoms with van der Waals surface area (Å²) < 4.78 is 2.16. The van der Waals surface area contributed by atoms with Crippen LogP contribution in [0, 0.1) is 5.92 Å². The Morgan fingerprint density at radius 2 is 2.10 bits per heavy atom. The van der Waals surface area contributed by atoms with Crippen LogP contribution in [0.2, 0.25) is 0 Å². The zero-order valence-corrected chi connectivity index (χ0v) is 13.8. The van der Waals surface area contributed by atoms with Crippen molar-refractivity contribution in [3.8, 4) is 0 Å². The van der Waals surface area contributed by atoms with E-state index in [1.165, 1.54) is 29.3 Å². The first-order valence-corrected chi connectivity index (χ1v) is 9.28. The van der Waals surface area contributed by atoms with Crippen molar-refractivity contribution >= 4 is 39.2 Å². The fraction of sp³-hybridized carbons (Fsp3) is 0.500. The molecule has 1 fully saturated rings. The van der Waals surface area contributed by atoms with Gasteiger partial charge in [0, 0.05) is 6.04 Å². The van der Waals surface area contributed by atoms with E-state index in [4.69, 9.17) is 0 Å². The monoisotopic (exact) mass is 320 g/mol. The maximum Gasteiger partial charge on any atom is 0.230 e. The van der Waals surface area contributed by atoms with Gasteiger partial charge in [0.2, 0.25) is 5.91 Å². The van der Waals surface area contributed by atoms with Gasteiger partial charge in [-0.15, -0.1) is 11.3 Å². The molecule has 0 atom stereocenters. The topological polar surface area (TPSA) is 42.0 Å². The summed E-state index contributed by atoms with van der Waals surface area (Å²) in [7, 11) is 0. The van der Waals surface area contributed by atoms with Crippen LogP contribution in [0.5, 0.6) is 0 Å². The number of hydrogen-bond acceptors (Lipinski definition) is 4. The summed E-state index contributed by atoms with van der Waals surface area (Å²) in [6, 6.07) is 8.48. The molecule has 3 rings (SSSR count). The minimum Gasteiger partial charge on any atom is -0.353 e. The van der Waals surface area contributed by atoms with Gasteiger partial charge in [0.15, 0.2) is 4.34 Å². The predicted octanol–water partition coefficient (Wildman–Crippen LogP) is 4.08. The zero-order valence-electron chi connectivity index (χ0n) is 12.2. The van der Waals surface area contributed by atoms with E-state index in [-0.39, 0.29) is 5.91 Å². The van der Waals surface area contributed by atoms with Crippen LogP contribution in [0.1, 0.15) is 32.6 Å². The van der Waals surface area contributed by atoms with Gasteiger partial charge in [-0.3, -0.25) is 4.79 Å². The van der Waals surface area contributed by atoms with Crippen LogP contribution in [0.4, 0.5) is 0 Å². The number of fused-ring (bicyclic) bond motifs is 1. The molecule has 21 heavy (non-hydrogen) atoms. The van der Waals surface area contributed by atoms with E-state index in [0.29, 0.717) is 11.8 Å². The number of para-hydroxylation sites is 1. The number of benzene rings is 1. The molecule has 1 amide bonds. The zero-order chi connectivity index (χ0) is 14.7. The highest BCUT2D eigenvalue weighted by Crippen LogP contribution is 2.29. The molecule has 1 aliphatic carbocycles. The highest BCUT2D eigenvalue weighted by molar-refractivity contribution is 8.01. The van der Waals surface area contributed by atoms with Gasteiger partial charge in [0.25, 0.3) is 0 Å². The third kappa shape index (κ3) is 3.98. The molecule has 5 heteroatoms. The molecule has 0 radical (unpaired) electrons. The van der Waals surface area contributed by atoms with Crippen molar-refractivity contribution in [1.82, 2.24) is 10.3 Å². The number of rotatable bonds is 4. The van der Waals surface area contributed by atoms with E-state index in [1.807, 2.05) is 18.2 Å². The Balaban J connectivity index is 1.49. The van der Waals surface area contributed by atoms with Crippen molar-refractivity contribution in [3.63, 3.8) is 0 Å². The Morgan fingerprint density at radius 3 is 2.86 bits per heavy atom. The van der Waals surface area contributed by atoms with Crippen LogP contribution in [0.3, 0.4) is 0 Å². The molecule has 1 saturated carbocycles. The molecule has 1 aliphatic rings. The summed E-state index contributed by atoms with van der Waals surface area (Å²) in [5.74, 6) is 1.42. The van der Waals surface area contributed by atoms with Gasteiger partial charge in [-0.05, 0) is 43.7 Å². The van der Waals surface area contributed by atoms with Crippen LogP contribution < -0.4 is 5.32 Å². The lowest BCUT2D eigenvalue weighted by Crippen LogP contribution is -2.38. The van der Waals surface area contributed by atoms with E-state index < -0.39 is 0 Å². The van der Waals surface area contributed by atoms with Crippen LogP contribution in [0.15, 0.2) is 28.6 Å². The lowest BCUT2D eigenvalue weighted by atomic mass is 9.87. The van der Waals surface area contributed by atoms with E-state index >= 15 is 0 Å². The van der Waals surface area contributed by atoms with E-state index in [9.17, 15) is 4.79 Å². The number of amides is 1. The number of hydrogen-bond donors (Lipinski definition) is 1. The van der Waals surface area contributed by atoms with Crippen LogP contribution in [-0.2, 0) is 4.79 Å². The Kier molecular flexibility index (Phi) is 4.80. The quantitative estimate of drug-likeness (QED) is 0.863. The molecule has 1 aromatic heterocycles. The lowest BCUT2D eigenvalue weighted by Gasteiger charge is -2.26. The fourth-order valence-electron chi connectivity index (χ4n) is 2.71. The number of nitrogens with zero attached hydrogens (tertiary/aromatic N) is 1. The predicted molar refractivity (Wildman–Crippen MR) is 89.9 cm³/mol. The lowest BCUT2D eigenvalue weighted by molar-refractivity contribution is -0.119. The van der Waals surface area contributed by atoms with Crippen LogP contribution in [0.25, 0.3) is 10.2 Å². The number of nitrogens with one attached hydrogen (secondary N) is 1. The molecule has 2 aromatic rings. The molecule has 1 N–H and O–H groups in total. The maximum atomic E-state index is 12.0. The molecular weight excluding hydrogens is 300 g/mol. The van der Waals surface area contributed by atoms with Gasteiger partial charge in [0.1, 0.15) is 0 Å². The molecule has 0 aliphatic heterocycles. The van der Waals surface area contributed by atoms with Crippen molar-refractivity contribution in [2.45, 2.75) is 43.0 Å². The minimum absolute atomic E-state index is 0.138. The summed E-state index contributed by atoms with van der Waals surface area (Å²) in [6.07, 6.45) is 4.71. The average Bonchev–Trinajstić information content (AvgIpc) is 2.90. The van der Waals surface area contributed by atoms with Gasteiger partial charge in [0.05, 0.1) is 16.0 Å². The molecule has 1 heterocycles. The minimum atomic E-state index is 0.138. The van der Waals surface area contributed by atoms with Crippen molar-refractivity contribution < 1.29 is 4.79 Å². The summed E-state index contributed by atoms with van der Waals surface area (Å²) in [5, 5.41) is 3.16. The summed E-state index contributed by atoms with van der Waals surface area (Å²) >= 11 is 3.20. The highest BCUT2D eigenvalue weighted by atomic mass is 32.2. The Labute approximate surface area is 133 Å². The van der Waals surface area contributed by atoms with E-state index in [2.05, 4.69) is 23.3 Å². The van der Waals surface area contributed by atoms with Crippen molar-refractivity contribution in [3.05, 3.63) is 24.3 Å². The Bertz CT molecular complexity index is 585. The first-order chi connectivity index (χ1) is 10.2. The van der Waals surface area contributed by atoms with Gasteiger partial charge >= 0.3 is 0 Å². The first-order valence-electron chi connectivity index (χ1n) is 7.48. The van der Waals surface area contributed by atoms with Gasteiger partial charge in [-0.25, -0.2) is 4.98 Å². The number of carbonyl (C=O) groups excluding carboxylic acids is 1. The average molecular weight is 320 g/mol. The second kappa shape index (κ2) is 6.79. The molecule has 0 saturated heterocycles. The SMILES string of the molecule is CC1CCC(NC(=O)CSc2nc3ccccc3s2)CC1. The smallest absolute Gasteiger partial charge is 0.230 e. The van der Waals surface area contributed by atoms with Crippen molar-refractivity contribution in [1.29, 1.82) is 0 Å². The summed E-state index contributed by atoms with van der Waals surface area (Å²) in [5.41, 5.74) is 1.02. The highest BCUT2D eigenvalue weighted by Gasteiger charge is 2.19. The van der Waals surface area contributed by atoms with Gasteiger partial charge < -0.3 is 5.32 Å². The number of carbonyl (C=O) groups is 1. The Morgan fingerprint density at radius 1 is 1.33 bits per heavy atom.